The number of nitrogens with one attached hydrogen (secondary N) is 2. The van der Waals surface area contributed by atoms with Crippen LogP contribution in [0.2, 0.25) is 0 Å². The summed E-state index contributed by atoms with van der Waals surface area (Å²) in [4.78, 5) is 41.9. The first kappa shape index (κ1) is 20.5. The van der Waals surface area contributed by atoms with Crippen molar-refractivity contribution < 1.29 is 4.79 Å². The first-order valence-corrected chi connectivity index (χ1v) is 10.6. The predicted octanol–water partition coefficient (Wildman–Crippen LogP) is 3.66. The fraction of sp³-hybridized carbons (Fsp3) is 0.130. The van der Waals surface area contributed by atoms with Crippen LogP contribution in [0, 0.1) is 6.92 Å². The summed E-state index contributed by atoms with van der Waals surface area (Å²) in [7, 11) is 0. The first-order valence-electron chi connectivity index (χ1n) is 9.71. The topological polar surface area (TPSA) is 96.8 Å². The summed E-state index contributed by atoms with van der Waals surface area (Å²) in [5.74, 6) is -0.221. The quantitative estimate of drug-likeness (QED) is 0.486. The maximum absolute atomic E-state index is 12.2. The molecule has 0 fully saturated rings. The van der Waals surface area contributed by atoms with Crippen LogP contribution in [0.3, 0.4) is 0 Å². The Kier molecular flexibility index (Phi) is 5.90. The van der Waals surface area contributed by atoms with Crippen LogP contribution in [-0.4, -0.2) is 20.4 Å². The van der Waals surface area contributed by atoms with Gasteiger partial charge in [-0.3, -0.25) is 14.6 Å². The third-order valence-corrected chi connectivity index (χ3v) is 5.70. The number of amides is 1. The lowest BCUT2D eigenvalue weighted by molar-refractivity contribution is -0.116. The average molecular weight is 433 g/mol. The van der Waals surface area contributed by atoms with Gasteiger partial charge in [0.25, 0.3) is 5.56 Å². The van der Waals surface area contributed by atoms with E-state index in [-0.39, 0.29) is 18.9 Å². The number of benzene rings is 2. The molecule has 1 amide bonds. The van der Waals surface area contributed by atoms with Crippen molar-refractivity contribution in [3.8, 4) is 21.8 Å². The highest BCUT2D eigenvalue weighted by atomic mass is 32.1. The molecule has 2 aromatic carbocycles. The number of carbonyl (C=O) groups is 1. The molecular formula is C23H20N4O3S. The van der Waals surface area contributed by atoms with Crippen LogP contribution in [0.5, 0.6) is 0 Å². The molecule has 31 heavy (non-hydrogen) atoms. The number of carbonyl (C=O) groups excluding carboxylic acids is 1. The van der Waals surface area contributed by atoms with E-state index in [9.17, 15) is 14.4 Å². The highest BCUT2D eigenvalue weighted by Gasteiger charge is 2.09. The smallest absolute Gasteiger partial charge is 0.326 e. The molecule has 4 rings (SSSR count). The minimum absolute atomic E-state index is 0.111. The van der Waals surface area contributed by atoms with Gasteiger partial charge in [-0.2, -0.15) is 0 Å². The van der Waals surface area contributed by atoms with Gasteiger partial charge in [0.2, 0.25) is 5.91 Å². The number of aryl methyl sites for hydroxylation is 2. The largest absolute Gasteiger partial charge is 0.328 e. The number of anilines is 1. The Bertz CT molecular complexity index is 1340. The van der Waals surface area contributed by atoms with E-state index in [1.807, 2.05) is 41.8 Å². The Morgan fingerprint density at radius 2 is 1.87 bits per heavy atom. The number of hydrogen-bond donors (Lipinski definition) is 2. The Morgan fingerprint density at radius 1 is 1.10 bits per heavy atom. The molecule has 0 aliphatic rings. The molecule has 0 unspecified atom stereocenters. The Morgan fingerprint density at radius 3 is 2.61 bits per heavy atom. The van der Waals surface area contributed by atoms with Crippen LogP contribution in [0.1, 0.15) is 12.0 Å². The van der Waals surface area contributed by atoms with E-state index in [1.54, 1.807) is 11.3 Å². The predicted molar refractivity (Wildman–Crippen MR) is 122 cm³/mol. The maximum atomic E-state index is 12.2. The van der Waals surface area contributed by atoms with Crippen molar-refractivity contribution in [2.45, 2.75) is 19.9 Å². The second kappa shape index (κ2) is 8.93. The summed E-state index contributed by atoms with van der Waals surface area (Å²) in [5.41, 5.74) is 3.84. The van der Waals surface area contributed by atoms with Gasteiger partial charge in [-0.15, -0.1) is 11.3 Å². The standard InChI is InChI=1S/C23H20N4O3S/c1-15-4-2-3-5-18(15)22-25-19(14-31-22)16-6-8-17(9-7-16)24-20(28)10-12-27-13-11-21(29)26-23(27)30/h2-9,11,13-14H,10,12H2,1H3,(H,24,28)(H,26,29,30). The van der Waals surface area contributed by atoms with Crippen molar-refractivity contribution in [1.82, 2.24) is 14.5 Å². The molecule has 0 bridgehead atoms. The normalized spacial score (nSPS) is 10.7. The van der Waals surface area contributed by atoms with Crippen molar-refractivity contribution in [2.24, 2.45) is 0 Å². The number of aromatic nitrogens is 3. The van der Waals surface area contributed by atoms with E-state index >= 15 is 0 Å². The molecule has 2 heterocycles. The van der Waals surface area contributed by atoms with Gasteiger partial charge in [-0.25, -0.2) is 9.78 Å². The van der Waals surface area contributed by atoms with Gasteiger partial charge in [0.15, 0.2) is 0 Å². The van der Waals surface area contributed by atoms with Gasteiger partial charge < -0.3 is 9.88 Å². The molecule has 0 spiro atoms. The molecule has 0 atom stereocenters. The molecule has 156 valence electrons. The summed E-state index contributed by atoms with van der Waals surface area (Å²) >= 11 is 1.60. The molecule has 2 N–H and O–H groups in total. The van der Waals surface area contributed by atoms with Gasteiger partial charge in [-0.1, -0.05) is 36.4 Å². The van der Waals surface area contributed by atoms with Gasteiger partial charge in [0.1, 0.15) is 5.01 Å². The average Bonchev–Trinajstić information content (AvgIpc) is 3.24. The minimum atomic E-state index is -0.530. The minimum Gasteiger partial charge on any atom is -0.326 e. The molecule has 8 heteroatoms. The molecule has 0 aliphatic heterocycles. The number of thiazole rings is 1. The molecule has 0 aliphatic carbocycles. The second-order valence-electron chi connectivity index (χ2n) is 7.03. The molecular weight excluding hydrogens is 412 g/mol. The third kappa shape index (κ3) is 4.87. The number of rotatable bonds is 6. The van der Waals surface area contributed by atoms with Gasteiger partial charge in [0.05, 0.1) is 5.69 Å². The molecule has 7 nitrogen and oxygen atoms in total. The summed E-state index contributed by atoms with van der Waals surface area (Å²) < 4.78 is 1.29. The lowest BCUT2D eigenvalue weighted by Gasteiger charge is -2.07. The summed E-state index contributed by atoms with van der Waals surface area (Å²) in [6, 6.07) is 16.9. The Hall–Kier alpha value is -3.78. The monoisotopic (exact) mass is 432 g/mol. The zero-order valence-corrected chi connectivity index (χ0v) is 17.6. The molecule has 0 saturated carbocycles. The number of H-pyrrole nitrogens is 1. The fourth-order valence-corrected chi connectivity index (χ4v) is 4.05. The molecule has 0 saturated heterocycles. The number of hydrogen-bond acceptors (Lipinski definition) is 5. The van der Waals surface area contributed by atoms with Gasteiger partial charge in [0, 0.05) is 47.4 Å². The Labute approximate surface area is 182 Å². The van der Waals surface area contributed by atoms with E-state index in [2.05, 4.69) is 29.4 Å². The summed E-state index contributed by atoms with van der Waals surface area (Å²) in [6.07, 6.45) is 1.49. The number of nitrogens with zero attached hydrogens (tertiary/aromatic N) is 2. The lowest BCUT2D eigenvalue weighted by Crippen LogP contribution is -2.29. The van der Waals surface area contributed by atoms with E-state index in [0.717, 1.165) is 21.8 Å². The van der Waals surface area contributed by atoms with Crippen molar-refractivity contribution in [3.63, 3.8) is 0 Å². The summed E-state index contributed by atoms with van der Waals surface area (Å²) in [6.45, 7) is 2.25. The van der Waals surface area contributed by atoms with Crippen LogP contribution in [-0.2, 0) is 11.3 Å². The van der Waals surface area contributed by atoms with Crippen LogP contribution in [0.15, 0.2) is 75.8 Å². The third-order valence-electron chi connectivity index (χ3n) is 4.82. The zero-order valence-electron chi connectivity index (χ0n) is 16.8. The van der Waals surface area contributed by atoms with Gasteiger partial charge in [-0.05, 0) is 24.6 Å². The van der Waals surface area contributed by atoms with Crippen molar-refractivity contribution >= 4 is 22.9 Å². The van der Waals surface area contributed by atoms with Crippen LogP contribution < -0.4 is 16.6 Å². The highest BCUT2D eigenvalue weighted by Crippen LogP contribution is 2.31. The molecule has 2 aromatic heterocycles. The number of aromatic amines is 1. The maximum Gasteiger partial charge on any atom is 0.328 e. The van der Waals surface area contributed by atoms with Crippen LogP contribution >= 0.6 is 11.3 Å². The lowest BCUT2D eigenvalue weighted by atomic mass is 10.1. The van der Waals surface area contributed by atoms with E-state index in [4.69, 9.17) is 4.98 Å². The van der Waals surface area contributed by atoms with E-state index in [0.29, 0.717) is 5.69 Å². The fourth-order valence-electron chi connectivity index (χ4n) is 3.13. The van der Waals surface area contributed by atoms with E-state index < -0.39 is 11.2 Å². The molecule has 4 aromatic rings. The molecule has 0 radical (unpaired) electrons. The highest BCUT2D eigenvalue weighted by molar-refractivity contribution is 7.13. The van der Waals surface area contributed by atoms with Crippen molar-refractivity contribution in [1.29, 1.82) is 0 Å². The second-order valence-corrected chi connectivity index (χ2v) is 7.89. The van der Waals surface area contributed by atoms with Crippen molar-refractivity contribution in [2.75, 3.05) is 5.32 Å². The first-order chi connectivity index (χ1) is 15.0. The van der Waals surface area contributed by atoms with Gasteiger partial charge >= 0.3 is 5.69 Å². The van der Waals surface area contributed by atoms with Crippen LogP contribution in [0.4, 0.5) is 5.69 Å². The summed E-state index contributed by atoms with van der Waals surface area (Å²) in [5, 5.41) is 5.82. The van der Waals surface area contributed by atoms with Crippen LogP contribution in [0.25, 0.3) is 21.8 Å². The van der Waals surface area contributed by atoms with Crippen molar-refractivity contribution in [3.05, 3.63) is 92.6 Å². The van der Waals surface area contributed by atoms with E-state index in [1.165, 1.54) is 22.4 Å². The SMILES string of the molecule is Cc1ccccc1-c1nc(-c2ccc(NC(=O)CCn3ccc(=O)[nH]c3=O)cc2)cs1. The zero-order chi connectivity index (χ0) is 21.8. The Balaban J connectivity index is 1.39.